The number of hydrazine groups is 1. The number of morpholine rings is 1. The first-order valence-electron chi connectivity index (χ1n) is 7.03. The number of rotatable bonds is 3. The molecule has 1 saturated heterocycles. The summed E-state index contributed by atoms with van der Waals surface area (Å²) in [6.45, 7) is 4.95. The molecule has 2 aromatic rings. The van der Waals surface area contributed by atoms with Gasteiger partial charge in [-0.3, -0.25) is 0 Å². The van der Waals surface area contributed by atoms with Gasteiger partial charge in [-0.05, 0) is 6.92 Å². The first kappa shape index (κ1) is 13.8. The number of nitrogens with one attached hydrogen (secondary N) is 1. The lowest BCUT2D eigenvalue weighted by atomic mass is 10.1. The van der Waals surface area contributed by atoms with Crippen molar-refractivity contribution in [3.05, 3.63) is 35.9 Å². The summed E-state index contributed by atoms with van der Waals surface area (Å²) in [7, 11) is 0. The van der Waals surface area contributed by atoms with E-state index in [4.69, 9.17) is 15.6 Å². The second-order valence-corrected chi connectivity index (χ2v) is 4.96. The highest BCUT2D eigenvalue weighted by atomic mass is 16.5. The number of hydrogen-bond donors (Lipinski definition) is 2. The van der Waals surface area contributed by atoms with Crippen molar-refractivity contribution in [1.82, 2.24) is 9.97 Å². The third-order valence-electron chi connectivity index (χ3n) is 3.61. The monoisotopic (exact) mass is 285 g/mol. The van der Waals surface area contributed by atoms with E-state index in [0.29, 0.717) is 25.0 Å². The molecular formula is C15H19N5O. The fourth-order valence-electron chi connectivity index (χ4n) is 2.43. The minimum Gasteiger partial charge on any atom is -0.378 e. The molecule has 0 atom stereocenters. The SMILES string of the molecule is Cc1c(NN)nc(N2CCOCC2)nc1-c1ccccc1. The third kappa shape index (κ3) is 2.81. The molecule has 1 aromatic carbocycles. The van der Waals surface area contributed by atoms with Crippen molar-refractivity contribution >= 4 is 11.8 Å². The maximum Gasteiger partial charge on any atom is 0.228 e. The van der Waals surface area contributed by atoms with Gasteiger partial charge in [0.15, 0.2) is 0 Å². The highest BCUT2D eigenvalue weighted by molar-refractivity contribution is 5.69. The van der Waals surface area contributed by atoms with Crippen molar-refractivity contribution in [1.29, 1.82) is 0 Å². The first-order valence-corrected chi connectivity index (χ1v) is 7.03. The van der Waals surface area contributed by atoms with Crippen LogP contribution in [0.15, 0.2) is 30.3 Å². The normalized spacial score (nSPS) is 15.0. The Labute approximate surface area is 123 Å². The van der Waals surface area contributed by atoms with Gasteiger partial charge >= 0.3 is 0 Å². The minimum atomic E-state index is 0.658. The van der Waals surface area contributed by atoms with Crippen LogP contribution in [0.1, 0.15) is 5.56 Å². The highest BCUT2D eigenvalue weighted by Crippen LogP contribution is 2.27. The van der Waals surface area contributed by atoms with Crippen LogP contribution >= 0.6 is 0 Å². The summed E-state index contributed by atoms with van der Waals surface area (Å²) in [6, 6.07) is 10.1. The van der Waals surface area contributed by atoms with Crippen LogP contribution in [-0.4, -0.2) is 36.3 Å². The number of benzene rings is 1. The molecule has 6 nitrogen and oxygen atoms in total. The molecule has 3 N–H and O–H groups in total. The third-order valence-corrected chi connectivity index (χ3v) is 3.61. The number of aromatic nitrogens is 2. The Hall–Kier alpha value is -2.18. The Balaban J connectivity index is 2.06. The van der Waals surface area contributed by atoms with Crippen LogP contribution in [0.25, 0.3) is 11.3 Å². The summed E-state index contributed by atoms with van der Waals surface area (Å²) in [4.78, 5) is 11.4. The Morgan fingerprint density at radius 1 is 1.14 bits per heavy atom. The zero-order valence-electron chi connectivity index (χ0n) is 12.0. The van der Waals surface area contributed by atoms with Gasteiger partial charge in [0.2, 0.25) is 5.95 Å². The van der Waals surface area contributed by atoms with E-state index in [1.807, 2.05) is 37.3 Å². The minimum absolute atomic E-state index is 0.658. The molecule has 1 aliphatic rings. The highest BCUT2D eigenvalue weighted by Gasteiger charge is 2.18. The molecular weight excluding hydrogens is 266 g/mol. The van der Waals surface area contributed by atoms with Crippen LogP contribution in [0, 0.1) is 6.92 Å². The largest absolute Gasteiger partial charge is 0.378 e. The predicted octanol–water partition coefficient (Wildman–Crippen LogP) is 1.57. The van der Waals surface area contributed by atoms with Crippen LogP contribution in [-0.2, 0) is 4.74 Å². The summed E-state index contributed by atoms with van der Waals surface area (Å²) in [6.07, 6.45) is 0. The molecule has 0 aliphatic carbocycles. The van der Waals surface area contributed by atoms with Crippen LogP contribution in [0.3, 0.4) is 0 Å². The van der Waals surface area contributed by atoms with Crippen LogP contribution in [0.4, 0.5) is 11.8 Å². The molecule has 21 heavy (non-hydrogen) atoms. The number of nitrogens with zero attached hydrogens (tertiary/aromatic N) is 3. The van der Waals surface area contributed by atoms with Gasteiger partial charge in [0, 0.05) is 24.2 Å². The molecule has 0 unspecified atom stereocenters. The molecule has 0 amide bonds. The van der Waals surface area contributed by atoms with E-state index in [-0.39, 0.29) is 0 Å². The quantitative estimate of drug-likeness (QED) is 0.658. The fraction of sp³-hybridized carbons (Fsp3) is 0.333. The second kappa shape index (κ2) is 6.07. The molecule has 0 bridgehead atoms. The van der Waals surface area contributed by atoms with Crippen LogP contribution in [0.2, 0.25) is 0 Å². The topological polar surface area (TPSA) is 76.3 Å². The summed E-state index contributed by atoms with van der Waals surface area (Å²) >= 11 is 0. The van der Waals surface area contributed by atoms with Crippen molar-refractivity contribution in [2.45, 2.75) is 6.92 Å². The Bertz CT molecular complexity index is 611. The number of anilines is 2. The number of nitrogen functional groups attached to an aromatic ring is 1. The second-order valence-electron chi connectivity index (χ2n) is 4.96. The van der Waals surface area contributed by atoms with E-state index in [9.17, 15) is 0 Å². The standard InChI is InChI=1S/C15H19N5O/c1-11-13(12-5-3-2-4-6-12)17-15(18-14(11)19-16)20-7-9-21-10-8-20/h2-6H,7-10,16H2,1H3,(H,17,18,19). The van der Waals surface area contributed by atoms with Crippen molar-refractivity contribution in [3.63, 3.8) is 0 Å². The van der Waals surface area contributed by atoms with Gasteiger partial charge in [-0.2, -0.15) is 4.98 Å². The first-order chi connectivity index (χ1) is 10.3. The summed E-state index contributed by atoms with van der Waals surface area (Å²) in [5.41, 5.74) is 5.58. The smallest absolute Gasteiger partial charge is 0.228 e. The zero-order valence-corrected chi connectivity index (χ0v) is 12.0. The number of hydrogen-bond acceptors (Lipinski definition) is 6. The molecule has 2 heterocycles. The summed E-state index contributed by atoms with van der Waals surface area (Å²) < 4.78 is 5.38. The van der Waals surface area contributed by atoms with Gasteiger partial charge < -0.3 is 15.1 Å². The molecule has 0 spiro atoms. The fourth-order valence-corrected chi connectivity index (χ4v) is 2.43. The lowest BCUT2D eigenvalue weighted by Crippen LogP contribution is -2.37. The molecule has 110 valence electrons. The van der Waals surface area contributed by atoms with E-state index in [0.717, 1.165) is 29.9 Å². The Morgan fingerprint density at radius 2 is 1.86 bits per heavy atom. The maximum atomic E-state index is 5.61. The van der Waals surface area contributed by atoms with Gasteiger partial charge in [-0.15, -0.1) is 0 Å². The van der Waals surface area contributed by atoms with E-state index in [1.165, 1.54) is 0 Å². The molecule has 1 aliphatic heterocycles. The lowest BCUT2D eigenvalue weighted by molar-refractivity contribution is 0.122. The molecule has 0 saturated carbocycles. The Morgan fingerprint density at radius 3 is 2.52 bits per heavy atom. The van der Waals surface area contributed by atoms with Crippen LogP contribution < -0.4 is 16.2 Å². The van der Waals surface area contributed by atoms with Crippen molar-refractivity contribution in [3.8, 4) is 11.3 Å². The molecule has 1 fully saturated rings. The lowest BCUT2D eigenvalue weighted by Gasteiger charge is -2.27. The summed E-state index contributed by atoms with van der Waals surface area (Å²) in [5.74, 6) is 6.96. The Kier molecular flexibility index (Phi) is 3.98. The summed E-state index contributed by atoms with van der Waals surface area (Å²) in [5, 5.41) is 0. The van der Waals surface area contributed by atoms with Crippen molar-refractivity contribution < 1.29 is 4.74 Å². The van der Waals surface area contributed by atoms with E-state index >= 15 is 0 Å². The van der Waals surface area contributed by atoms with Gasteiger partial charge in [-0.1, -0.05) is 30.3 Å². The maximum absolute atomic E-state index is 5.61. The number of nitrogens with two attached hydrogens (primary N) is 1. The number of ether oxygens (including phenoxy) is 1. The van der Waals surface area contributed by atoms with Gasteiger partial charge in [0.1, 0.15) is 5.82 Å². The molecule has 1 aromatic heterocycles. The van der Waals surface area contributed by atoms with Gasteiger partial charge in [0.25, 0.3) is 0 Å². The van der Waals surface area contributed by atoms with E-state index in [2.05, 4.69) is 15.3 Å². The van der Waals surface area contributed by atoms with E-state index < -0.39 is 0 Å². The van der Waals surface area contributed by atoms with Crippen LogP contribution in [0.5, 0.6) is 0 Å². The van der Waals surface area contributed by atoms with E-state index in [1.54, 1.807) is 0 Å². The molecule has 3 rings (SSSR count). The zero-order chi connectivity index (χ0) is 14.7. The molecule has 0 radical (unpaired) electrons. The average Bonchev–Trinajstić information content (AvgIpc) is 2.56. The van der Waals surface area contributed by atoms with Crippen molar-refractivity contribution in [2.24, 2.45) is 5.84 Å². The predicted molar refractivity (Wildman–Crippen MR) is 83.0 cm³/mol. The van der Waals surface area contributed by atoms with Crippen molar-refractivity contribution in [2.75, 3.05) is 36.6 Å². The van der Waals surface area contributed by atoms with Gasteiger partial charge in [-0.25, -0.2) is 10.8 Å². The average molecular weight is 285 g/mol. The molecule has 6 heteroatoms. The van der Waals surface area contributed by atoms with Gasteiger partial charge in [0.05, 0.1) is 18.9 Å².